The van der Waals surface area contributed by atoms with E-state index in [1.807, 2.05) is 0 Å². The van der Waals surface area contributed by atoms with Crippen LogP contribution in [0.15, 0.2) is 134 Å². The maximum Gasteiger partial charge on any atom is 0.472 e. The molecule has 17 nitrogen and oxygen atoms in total. The molecule has 572 valence electrons. The number of esters is 4. The molecular weight excluding hydrogens is 1310 g/mol. The third-order valence-corrected chi connectivity index (χ3v) is 17.5. The van der Waals surface area contributed by atoms with Gasteiger partial charge in [-0.15, -0.1) is 0 Å². The molecule has 0 spiro atoms. The van der Waals surface area contributed by atoms with Gasteiger partial charge < -0.3 is 33.8 Å². The van der Waals surface area contributed by atoms with Gasteiger partial charge in [-0.3, -0.25) is 37.3 Å². The highest BCUT2D eigenvalue weighted by molar-refractivity contribution is 7.47. The molecule has 0 aromatic carbocycles. The van der Waals surface area contributed by atoms with Crippen LogP contribution in [0.25, 0.3) is 0 Å². The maximum atomic E-state index is 13.1. The van der Waals surface area contributed by atoms with Crippen molar-refractivity contribution in [1.82, 2.24) is 0 Å². The number of unbranched alkanes of at least 4 members (excludes halogenated alkanes) is 23. The summed E-state index contributed by atoms with van der Waals surface area (Å²) < 4.78 is 68.4. The van der Waals surface area contributed by atoms with Crippen LogP contribution in [0.5, 0.6) is 0 Å². The number of ether oxygens (including phenoxy) is 4. The zero-order valence-electron chi connectivity index (χ0n) is 62.3. The first-order valence-corrected chi connectivity index (χ1v) is 41.4. The average molecular weight is 1440 g/mol. The normalized spacial score (nSPS) is 14.7. The molecule has 100 heavy (non-hydrogen) atoms. The molecule has 5 unspecified atom stereocenters. The van der Waals surface area contributed by atoms with Crippen molar-refractivity contribution < 1.29 is 80.2 Å². The summed E-state index contributed by atoms with van der Waals surface area (Å²) in [7, 11) is -9.98. The van der Waals surface area contributed by atoms with E-state index in [1.165, 1.54) is 32.1 Å². The van der Waals surface area contributed by atoms with Crippen molar-refractivity contribution in [3.8, 4) is 0 Å². The van der Waals surface area contributed by atoms with Crippen molar-refractivity contribution in [2.45, 2.75) is 316 Å². The molecule has 3 N–H and O–H groups in total. The highest BCUT2D eigenvalue weighted by Gasteiger charge is 2.30. The summed E-state index contributed by atoms with van der Waals surface area (Å²) >= 11 is 0. The summed E-state index contributed by atoms with van der Waals surface area (Å²) in [4.78, 5) is 72.8. The summed E-state index contributed by atoms with van der Waals surface area (Å²) in [5.74, 6) is -2.27. The predicted molar refractivity (Wildman–Crippen MR) is 408 cm³/mol. The van der Waals surface area contributed by atoms with Gasteiger partial charge in [0.2, 0.25) is 0 Å². The van der Waals surface area contributed by atoms with Crippen LogP contribution < -0.4 is 0 Å². The summed E-state index contributed by atoms with van der Waals surface area (Å²) in [5.41, 5.74) is 0. The zero-order valence-corrected chi connectivity index (χ0v) is 64.1. The van der Waals surface area contributed by atoms with Gasteiger partial charge in [0, 0.05) is 25.7 Å². The smallest absolute Gasteiger partial charge is 0.462 e. The quantitative estimate of drug-likeness (QED) is 0.0169. The van der Waals surface area contributed by atoms with Crippen LogP contribution in [0.2, 0.25) is 0 Å². The number of carbonyl (C=O) groups is 4. The van der Waals surface area contributed by atoms with Gasteiger partial charge in [-0.25, -0.2) is 9.13 Å². The SMILES string of the molecule is CC/C=C\C/C=C\C/C=C\C/C=C\CCCCC(=O)OCC(COP(=O)(O)OCC(O)COP(=O)(O)OCC(COC(=O)CCCCCCCC/C=C\C/C=C\C/C=C\CCCCC)OC(=O)CCCCCCC/C=C\CCCC)OC(=O)CCCCCCC/C=C\C/C=C\C/C=C\CC. The fourth-order valence-electron chi connectivity index (χ4n) is 9.74. The second kappa shape index (κ2) is 72.5. The Morgan fingerprint density at radius 3 is 0.860 bits per heavy atom. The summed E-state index contributed by atoms with van der Waals surface area (Å²) in [6.45, 7) is 4.48. The van der Waals surface area contributed by atoms with Gasteiger partial charge in [0.25, 0.3) is 0 Å². The van der Waals surface area contributed by atoms with E-state index >= 15 is 0 Å². The lowest BCUT2D eigenvalue weighted by Gasteiger charge is -2.21. The van der Waals surface area contributed by atoms with Gasteiger partial charge in [0.1, 0.15) is 19.3 Å². The Morgan fingerprint density at radius 2 is 0.530 bits per heavy atom. The molecule has 0 fully saturated rings. The number of rotatable bonds is 71. The van der Waals surface area contributed by atoms with Gasteiger partial charge in [0.05, 0.1) is 26.4 Å². The number of hydrogen-bond donors (Lipinski definition) is 3. The number of aliphatic hydroxyl groups is 1. The van der Waals surface area contributed by atoms with Crippen molar-refractivity contribution in [3.05, 3.63) is 134 Å². The van der Waals surface area contributed by atoms with Crippen LogP contribution in [0.1, 0.15) is 297 Å². The van der Waals surface area contributed by atoms with Crippen LogP contribution in [0.4, 0.5) is 0 Å². The zero-order chi connectivity index (χ0) is 73.2. The number of aliphatic hydroxyl groups excluding tert-OH is 1. The minimum absolute atomic E-state index is 0.0627. The van der Waals surface area contributed by atoms with Gasteiger partial charge in [-0.2, -0.15) is 0 Å². The molecule has 0 aromatic rings. The lowest BCUT2D eigenvalue weighted by atomic mass is 10.1. The summed E-state index contributed by atoms with van der Waals surface area (Å²) in [5, 5.41) is 10.6. The topological polar surface area (TPSA) is 237 Å². The number of phosphoric ester groups is 2. The Kier molecular flexibility index (Phi) is 69.1. The van der Waals surface area contributed by atoms with Crippen LogP contribution >= 0.6 is 15.6 Å². The molecule has 0 aliphatic rings. The Balaban J connectivity index is 5.37. The fraction of sp³-hybridized carbons (Fsp3) is 0.679. The first-order valence-electron chi connectivity index (χ1n) is 38.4. The van der Waals surface area contributed by atoms with Gasteiger partial charge >= 0.3 is 39.5 Å². The first-order chi connectivity index (χ1) is 48.7. The van der Waals surface area contributed by atoms with Crippen molar-refractivity contribution >= 4 is 39.5 Å². The molecule has 0 aliphatic heterocycles. The van der Waals surface area contributed by atoms with E-state index in [-0.39, 0.29) is 25.7 Å². The molecule has 0 amide bonds. The number of allylic oxidation sites excluding steroid dienone is 22. The van der Waals surface area contributed by atoms with E-state index in [2.05, 4.69) is 161 Å². The van der Waals surface area contributed by atoms with Crippen molar-refractivity contribution in [2.24, 2.45) is 0 Å². The first kappa shape index (κ1) is 95.2. The standard InChI is InChI=1S/C81H136O17P2/c1-5-9-13-17-21-25-29-32-35-36-37-38-41-43-47-50-54-58-62-66-79(84)91-71-76(97-80(85)67-63-59-55-51-45-28-24-20-16-12-8-4)73-95-99(87,88)93-69-75(82)70-94-100(89,90)96-74-77(98-81(86)68-64-60-56-52-48-44-40-34-31-27-23-19-15-11-7-3)72-92-78(83)65-61-57-53-49-46-42-39-33-30-26-22-18-14-10-6-2/h10-11,14-15,20-27,32-35,37-40,46,49,75-77,82H,5-9,12-13,16-19,28-31,36,41-45,47-48,50-74H2,1-4H3,(H,87,88)(H,89,90)/b14-10-,15-11-,24-20-,25-21-,26-22-,27-23-,35-32-,38-37-,39-33-,40-34-,49-46-. The summed E-state index contributed by atoms with van der Waals surface area (Å²) in [6.07, 6.45) is 80.2. The van der Waals surface area contributed by atoms with Crippen LogP contribution in [-0.2, 0) is 65.4 Å². The number of hydrogen-bond acceptors (Lipinski definition) is 15. The Labute approximate surface area is 605 Å². The van der Waals surface area contributed by atoms with Crippen molar-refractivity contribution in [2.75, 3.05) is 39.6 Å². The molecule has 0 rings (SSSR count). The second-order valence-corrected chi connectivity index (χ2v) is 28.1. The maximum absolute atomic E-state index is 13.1. The van der Waals surface area contributed by atoms with E-state index in [0.29, 0.717) is 25.7 Å². The Morgan fingerprint density at radius 1 is 0.290 bits per heavy atom. The van der Waals surface area contributed by atoms with Crippen LogP contribution in [0.3, 0.4) is 0 Å². The predicted octanol–water partition coefficient (Wildman–Crippen LogP) is 22.1. The Hall–Kier alpha value is -4.80. The monoisotopic (exact) mass is 1440 g/mol. The van der Waals surface area contributed by atoms with Crippen LogP contribution in [-0.4, -0.2) is 96.7 Å². The van der Waals surface area contributed by atoms with E-state index in [1.54, 1.807) is 0 Å². The summed E-state index contributed by atoms with van der Waals surface area (Å²) in [6, 6.07) is 0. The fourth-order valence-corrected chi connectivity index (χ4v) is 11.3. The van der Waals surface area contributed by atoms with Gasteiger partial charge in [-0.05, 0) is 154 Å². The van der Waals surface area contributed by atoms with Crippen molar-refractivity contribution in [1.29, 1.82) is 0 Å². The van der Waals surface area contributed by atoms with E-state index in [9.17, 15) is 43.2 Å². The molecule has 0 saturated carbocycles. The van der Waals surface area contributed by atoms with Crippen LogP contribution in [0, 0.1) is 0 Å². The minimum Gasteiger partial charge on any atom is -0.462 e. The molecule has 0 bridgehead atoms. The van der Waals surface area contributed by atoms with Gasteiger partial charge in [-0.1, -0.05) is 251 Å². The van der Waals surface area contributed by atoms with Crippen molar-refractivity contribution in [3.63, 3.8) is 0 Å². The molecule has 0 heterocycles. The van der Waals surface area contributed by atoms with E-state index < -0.39 is 97.5 Å². The lowest BCUT2D eigenvalue weighted by molar-refractivity contribution is -0.161. The molecule has 0 aliphatic carbocycles. The molecule has 0 radical (unpaired) electrons. The van der Waals surface area contributed by atoms with E-state index in [0.717, 1.165) is 186 Å². The average Bonchev–Trinajstić information content (AvgIpc) is 0.966. The lowest BCUT2D eigenvalue weighted by Crippen LogP contribution is -2.30. The van der Waals surface area contributed by atoms with E-state index in [4.69, 9.17) is 37.0 Å². The molecule has 5 atom stereocenters. The molecular formula is C81H136O17P2. The second-order valence-electron chi connectivity index (χ2n) is 25.2. The minimum atomic E-state index is -4.99. The molecule has 0 saturated heterocycles. The largest absolute Gasteiger partial charge is 0.472 e. The number of carbonyl (C=O) groups excluding carboxylic acids is 4. The molecule has 19 heteroatoms. The third-order valence-electron chi connectivity index (χ3n) is 15.6. The highest BCUT2D eigenvalue weighted by atomic mass is 31.2. The third kappa shape index (κ3) is 71.6. The van der Waals surface area contributed by atoms with Gasteiger partial charge in [0.15, 0.2) is 12.2 Å². The molecule has 0 aromatic heterocycles. The highest BCUT2D eigenvalue weighted by Crippen LogP contribution is 2.45. The Bertz CT molecular complexity index is 2420. The number of phosphoric acid groups is 2.